The topological polar surface area (TPSA) is 40.5 Å². The van der Waals surface area contributed by atoms with Crippen molar-refractivity contribution in [3.05, 3.63) is 71.8 Å². The van der Waals surface area contributed by atoms with E-state index in [2.05, 4.69) is 24.3 Å². The van der Waals surface area contributed by atoms with Crippen LogP contribution in [0.1, 0.15) is 18.1 Å². The maximum absolute atomic E-state index is 10.1. The average molecular weight is 284 g/mol. The molecule has 2 aromatic carbocycles. The van der Waals surface area contributed by atoms with Crippen molar-refractivity contribution >= 4 is 0 Å². The highest BCUT2D eigenvalue weighted by Gasteiger charge is 2.25. The minimum absolute atomic E-state index is 0.0533. The molecular formula is C19H24O2. The molecule has 3 atom stereocenters. The smallest absolute Gasteiger partial charge is 0.0547 e. The van der Waals surface area contributed by atoms with Crippen molar-refractivity contribution in [1.82, 2.24) is 0 Å². The molecule has 0 bridgehead atoms. The number of aliphatic hydroxyl groups is 2. The van der Waals surface area contributed by atoms with Crippen molar-refractivity contribution in [2.75, 3.05) is 6.61 Å². The molecule has 2 heteroatoms. The van der Waals surface area contributed by atoms with Gasteiger partial charge in [-0.3, -0.25) is 0 Å². The Labute approximate surface area is 127 Å². The van der Waals surface area contributed by atoms with Crippen LogP contribution in [0, 0.1) is 11.8 Å². The van der Waals surface area contributed by atoms with Gasteiger partial charge in [-0.2, -0.15) is 0 Å². The maximum Gasteiger partial charge on any atom is 0.0547 e. The Morgan fingerprint density at radius 1 is 0.810 bits per heavy atom. The first kappa shape index (κ1) is 15.7. The van der Waals surface area contributed by atoms with Crippen molar-refractivity contribution in [3.8, 4) is 0 Å². The van der Waals surface area contributed by atoms with Gasteiger partial charge in [0.15, 0.2) is 0 Å². The van der Waals surface area contributed by atoms with Crippen LogP contribution < -0.4 is 0 Å². The summed E-state index contributed by atoms with van der Waals surface area (Å²) in [4.78, 5) is 0. The van der Waals surface area contributed by atoms with Crippen LogP contribution in [0.5, 0.6) is 0 Å². The predicted octanol–water partition coefficient (Wildman–Crippen LogP) is 3.08. The van der Waals surface area contributed by atoms with Crippen molar-refractivity contribution < 1.29 is 10.2 Å². The van der Waals surface area contributed by atoms with Crippen LogP contribution in [0.4, 0.5) is 0 Å². The Hall–Kier alpha value is -1.64. The lowest BCUT2D eigenvalue weighted by molar-refractivity contribution is 0.0599. The Morgan fingerprint density at radius 2 is 1.29 bits per heavy atom. The van der Waals surface area contributed by atoms with E-state index < -0.39 is 6.10 Å². The molecule has 2 aromatic rings. The lowest BCUT2D eigenvalue weighted by atomic mass is 9.80. The molecule has 0 saturated heterocycles. The first-order valence-electron chi connectivity index (χ1n) is 7.57. The van der Waals surface area contributed by atoms with E-state index in [4.69, 9.17) is 0 Å². The summed E-state index contributed by atoms with van der Waals surface area (Å²) >= 11 is 0. The fourth-order valence-electron chi connectivity index (χ4n) is 2.89. The summed E-state index contributed by atoms with van der Waals surface area (Å²) < 4.78 is 0. The summed E-state index contributed by atoms with van der Waals surface area (Å²) in [7, 11) is 0. The molecule has 0 spiro atoms. The van der Waals surface area contributed by atoms with E-state index in [1.807, 2.05) is 43.3 Å². The van der Waals surface area contributed by atoms with Crippen LogP contribution in [0.2, 0.25) is 0 Å². The van der Waals surface area contributed by atoms with Gasteiger partial charge in [0, 0.05) is 6.61 Å². The lowest BCUT2D eigenvalue weighted by Crippen LogP contribution is -2.31. The van der Waals surface area contributed by atoms with Crippen LogP contribution in [-0.4, -0.2) is 22.9 Å². The van der Waals surface area contributed by atoms with Gasteiger partial charge >= 0.3 is 0 Å². The van der Waals surface area contributed by atoms with E-state index in [0.29, 0.717) is 0 Å². The van der Waals surface area contributed by atoms with Gasteiger partial charge in [-0.15, -0.1) is 0 Å². The third-order valence-electron chi connectivity index (χ3n) is 4.11. The summed E-state index contributed by atoms with van der Waals surface area (Å²) in [6.07, 6.45) is 1.14. The summed E-state index contributed by atoms with van der Waals surface area (Å²) in [5.74, 6) is 0.116. The van der Waals surface area contributed by atoms with Crippen LogP contribution in [0.3, 0.4) is 0 Å². The molecule has 0 aliphatic rings. The highest BCUT2D eigenvalue weighted by Crippen LogP contribution is 2.25. The third-order valence-corrected chi connectivity index (χ3v) is 4.11. The van der Waals surface area contributed by atoms with Crippen LogP contribution in [-0.2, 0) is 12.8 Å². The molecule has 0 fully saturated rings. The minimum Gasteiger partial charge on any atom is -0.396 e. The molecule has 0 saturated carbocycles. The van der Waals surface area contributed by atoms with E-state index in [1.54, 1.807) is 0 Å². The number of hydrogen-bond acceptors (Lipinski definition) is 2. The molecular weight excluding hydrogens is 260 g/mol. The van der Waals surface area contributed by atoms with E-state index in [1.165, 1.54) is 11.1 Å². The zero-order chi connectivity index (χ0) is 15.1. The molecule has 2 N–H and O–H groups in total. The number of rotatable bonds is 7. The Bertz CT molecular complexity index is 508. The monoisotopic (exact) mass is 284 g/mol. The molecule has 0 heterocycles. The molecule has 0 amide bonds. The summed E-state index contributed by atoms with van der Waals surface area (Å²) in [5.41, 5.74) is 2.41. The zero-order valence-electron chi connectivity index (χ0n) is 12.5. The standard InChI is InChI=1S/C19H24O2/c1-15(21)19(13-17-10-6-3-7-11-17)18(14-20)12-16-8-4-2-5-9-16/h2-11,15,18-21H,12-14H2,1H3. The molecule has 0 radical (unpaired) electrons. The van der Waals surface area contributed by atoms with Crippen LogP contribution >= 0.6 is 0 Å². The van der Waals surface area contributed by atoms with Gasteiger partial charge in [0.25, 0.3) is 0 Å². The third kappa shape index (κ3) is 4.69. The molecule has 2 rings (SSSR count). The molecule has 0 aliphatic heterocycles. The van der Waals surface area contributed by atoms with Crippen molar-refractivity contribution in [2.24, 2.45) is 11.8 Å². The first-order valence-corrected chi connectivity index (χ1v) is 7.57. The molecule has 2 nitrogen and oxygen atoms in total. The molecule has 0 aliphatic carbocycles. The second-order valence-electron chi connectivity index (χ2n) is 5.73. The quantitative estimate of drug-likeness (QED) is 0.820. The van der Waals surface area contributed by atoms with E-state index in [0.717, 1.165) is 12.8 Å². The normalized spacial score (nSPS) is 15.4. The number of hydrogen-bond donors (Lipinski definition) is 2. The van der Waals surface area contributed by atoms with Gasteiger partial charge in [0.2, 0.25) is 0 Å². The Balaban J connectivity index is 2.11. The van der Waals surface area contributed by atoms with Gasteiger partial charge in [-0.25, -0.2) is 0 Å². The van der Waals surface area contributed by atoms with Crippen LogP contribution in [0.25, 0.3) is 0 Å². The van der Waals surface area contributed by atoms with Crippen molar-refractivity contribution in [2.45, 2.75) is 25.9 Å². The average Bonchev–Trinajstić information content (AvgIpc) is 2.52. The summed E-state index contributed by atoms with van der Waals surface area (Å²) in [5, 5.41) is 19.9. The van der Waals surface area contributed by atoms with Gasteiger partial charge in [-0.05, 0) is 42.7 Å². The van der Waals surface area contributed by atoms with E-state index in [9.17, 15) is 10.2 Å². The summed E-state index contributed by atoms with van der Waals surface area (Å²) in [6.45, 7) is 1.92. The van der Waals surface area contributed by atoms with Crippen molar-refractivity contribution in [3.63, 3.8) is 0 Å². The Kier molecular flexibility index (Phi) is 5.97. The van der Waals surface area contributed by atoms with Gasteiger partial charge < -0.3 is 10.2 Å². The predicted molar refractivity (Wildman–Crippen MR) is 86.0 cm³/mol. The van der Waals surface area contributed by atoms with Gasteiger partial charge in [0.05, 0.1) is 6.10 Å². The lowest BCUT2D eigenvalue weighted by Gasteiger charge is -2.28. The van der Waals surface area contributed by atoms with Crippen molar-refractivity contribution in [1.29, 1.82) is 0 Å². The van der Waals surface area contributed by atoms with Gasteiger partial charge in [-0.1, -0.05) is 60.7 Å². The van der Waals surface area contributed by atoms with Crippen LogP contribution in [0.15, 0.2) is 60.7 Å². The Morgan fingerprint density at radius 3 is 1.71 bits per heavy atom. The first-order chi connectivity index (χ1) is 10.2. The fourth-order valence-corrected chi connectivity index (χ4v) is 2.89. The molecule has 112 valence electrons. The minimum atomic E-state index is -0.439. The molecule has 3 unspecified atom stereocenters. The second-order valence-corrected chi connectivity index (χ2v) is 5.73. The molecule has 21 heavy (non-hydrogen) atoms. The maximum atomic E-state index is 10.1. The number of aliphatic hydroxyl groups excluding tert-OH is 2. The number of benzene rings is 2. The zero-order valence-corrected chi connectivity index (χ0v) is 12.5. The second kappa shape index (κ2) is 7.96. The van der Waals surface area contributed by atoms with E-state index in [-0.39, 0.29) is 18.4 Å². The largest absolute Gasteiger partial charge is 0.396 e. The SMILES string of the molecule is CC(O)C(Cc1ccccc1)C(CO)Cc1ccccc1. The van der Waals surface area contributed by atoms with E-state index >= 15 is 0 Å². The molecule has 0 aromatic heterocycles. The fraction of sp³-hybridized carbons (Fsp3) is 0.368. The summed E-state index contributed by atoms with van der Waals surface area (Å²) in [6, 6.07) is 20.3. The highest BCUT2D eigenvalue weighted by atomic mass is 16.3. The highest BCUT2D eigenvalue weighted by molar-refractivity contribution is 5.18. The van der Waals surface area contributed by atoms with Gasteiger partial charge in [0.1, 0.15) is 0 Å².